The standard InChI is InChI=1S/C14H15N3O4/c1-16(2)15-9-11-5-7-14(21-11)12-6-4-10(20-3)8-13(12)17(18)19/h4-9H,1-3H3. The summed E-state index contributed by atoms with van der Waals surface area (Å²) in [5, 5.41) is 16.8. The van der Waals surface area contributed by atoms with E-state index in [1.54, 1.807) is 49.6 Å². The average Bonchev–Trinajstić information content (AvgIpc) is 2.93. The van der Waals surface area contributed by atoms with Gasteiger partial charge in [-0.3, -0.25) is 10.1 Å². The molecule has 0 radical (unpaired) electrons. The molecule has 0 N–H and O–H groups in total. The van der Waals surface area contributed by atoms with Crippen LogP contribution in [0.15, 0.2) is 39.9 Å². The molecule has 0 unspecified atom stereocenters. The third-order valence-electron chi connectivity index (χ3n) is 2.71. The maximum absolute atomic E-state index is 11.2. The second-order valence-corrected chi connectivity index (χ2v) is 4.43. The monoisotopic (exact) mass is 289 g/mol. The number of methoxy groups -OCH3 is 1. The summed E-state index contributed by atoms with van der Waals surface area (Å²) in [6, 6.07) is 7.99. The van der Waals surface area contributed by atoms with Crippen LogP contribution >= 0.6 is 0 Å². The number of hydrogen-bond donors (Lipinski definition) is 0. The molecule has 0 aliphatic carbocycles. The van der Waals surface area contributed by atoms with Gasteiger partial charge in [0.2, 0.25) is 0 Å². The van der Waals surface area contributed by atoms with E-state index in [1.165, 1.54) is 13.2 Å². The Kier molecular flexibility index (Phi) is 4.22. The molecular weight excluding hydrogens is 274 g/mol. The van der Waals surface area contributed by atoms with Crippen LogP contribution in [0.1, 0.15) is 5.76 Å². The van der Waals surface area contributed by atoms with E-state index in [4.69, 9.17) is 9.15 Å². The molecule has 7 nitrogen and oxygen atoms in total. The molecule has 2 aromatic rings. The van der Waals surface area contributed by atoms with Gasteiger partial charge in [0.05, 0.1) is 29.9 Å². The number of hydrogen-bond acceptors (Lipinski definition) is 6. The molecule has 0 spiro atoms. The van der Waals surface area contributed by atoms with Gasteiger partial charge in [0.1, 0.15) is 17.3 Å². The highest BCUT2D eigenvalue weighted by molar-refractivity contribution is 5.78. The summed E-state index contributed by atoms with van der Waals surface area (Å²) >= 11 is 0. The van der Waals surface area contributed by atoms with Gasteiger partial charge in [-0.05, 0) is 24.3 Å². The van der Waals surface area contributed by atoms with Crippen LogP contribution in [0.2, 0.25) is 0 Å². The van der Waals surface area contributed by atoms with Gasteiger partial charge in [-0.1, -0.05) is 0 Å². The minimum atomic E-state index is -0.464. The van der Waals surface area contributed by atoms with Crippen molar-refractivity contribution in [1.29, 1.82) is 0 Å². The van der Waals surface area contributed by atoms with Gasteiger partial charge in [0.15, 0.2) is 0 Å². The first-order chi connectivity index (χ1) is 10.0. The van der Waals surface area contributed by atoms with Gasteiger partial charge in [0, 0.05) is 14.1 Å². The van der Waals surface area contributed by atoms with Crippen molar-refractivity contribution in [2.45, 2.75) is 0 Å². The number of nitro groups is 1. The molecule has 7 heteroatoms. The summed E-state index contributed by atoms with van der Waals surface area (Å²) in [5.41, 5.74) is 0.324. The molecule has 1 aromatic carbocycles. The molecule has 0 fully saturated rings. The van der Waals surface area contributed by atoms with E-state index in [0.717, 1.165) is 0 Å². The smallest absolute Gasteiger partial charge is 0.284 e. The largest absolute Gasteiger partial charge is 0.497 e. The number of ether oxygens (including phenoxy) is 1. The molecule has 1 aromatic heterocycles. The number of nitro benzene ring substituents is 1. The second-order valence-electron chi connectivity index (χ2n) is 4.43. The van der Waals surface area contributed by atoms with E-state index in [1.807, 2.05) is 0 Å². The van der Waals surface area contributed by atoms with E-state index in [0.29, 0.717) is 22.8 Å². The Morgan fingerprint density at radius 3 is 2.71 bits per heavy atom. The quantitative estimate of drug-likeness (QED) is 0.480. The normalized spacial score (nSPS) is 10.8. The molecule has 0 aliphatic heterocycles. The van der Waals surface area contributed by atoms with Gasteiger partial charge in [-0.25, -0.2) is 0 Å². The summed E-state index contributed by atoms with van der Waals surface area (Å²) in [7, 11) is 5.03. The van der Waals surface area contributed by atoms with Crippen LogP contribution in [0.25, 0.3) is 11.3 Å². The lowest BCUT2D eigenvalue weighted by atomic mass is 10.1. The van der Waals surface area contributed by atoms with Crippen molar-refractivity contribution in [2.24, 2.45) is 5.10 Å². The molecular formula is C14H15N3O4. The molecule has 0 saturated heterocycles. The Morgan fingerprint density at radius 2 is 2.10 bits per heavy atom. The van der Waals surface area contributed by atoms with Crippen LogP contribution in [-0.2, 0) is 0 Å². The highest BCUT2D eigenvalue weighted by atomic mass is 16.6. The van der Waals surface area contributed by atoms with Crippen LogP contribution in [0.5, 0.6) is 5.75 Å². The fraction of sp³-hybridized carbons (Fsp3) is 0.214. The summed E-state index contributed by atoms with van der Waals surface area (Å²) in [6.07, 6.45) is 1.54. The number of rotatable bonds is 5. The molecule has 0 aliphatic rings. The highest BCUT2D eigenvalue weighted by Gasteiger charge is 2.19. The molecule has 1 heterocycles. The SMILES string of the molecule is COc1ccc(-c2ccc(C=NN(C)C)o2)c([N+](=O)[O-])c1. The van der Waals surface area contributed by atoms with Crippen molar-refractivity contribution >= 4 is 11.9 Å². The molecule has 21 heavy (non-hydrogen) atoms. The molecule has 0 amide bonds. The predicted octanol–water partition coefficient (Wildman–Crippen LogP) is 2.76. The molecule has 0 saturated carbocycles. The van der Waals surface area contributed by atoms with Crippen molar-refractivity contribution in [1.82, 2.24) is 5.01 Å². The maximum Gasteiger partial charge on any atom is 0.284 e. The van der Waals surface area contributed by atoms with Gasteiger partial charge in [-0.2, -0.15) is 5.10 Å². The van der Waals surface area contributed by atoms with Crippen LogP contribution in [0.4, 0.5) is 5.69 Å². The molecule has 0 atom stereocenters. The van der Waals surface area contributed by atoms with Crippen molar-refractivity contribution in [3.63, 3.8) is 0 Å². The molecule has 110 valence electrons. The second kappa shape index (κ2) is 6.08. The maximum atomic E-state index is 11.2. The minimum Gasteiger partial charge on any atom is -0.497 e. The third kappa shape index (κ3) is 3.38. The molecule has 2 rings (SSSR count). The van der Waals surface area contributed by atoms with Crippen LogP contribution in [-0.4, -0.2) is 37.4 Å². The lowest BCUT2D eigenvalue weighted by Gasteiger charge is -2.03. The highest BCUT2D eigenvalue weighted by Crippen LogP contribution is 2.33. The van der Waals surface area contributed by atoms with Gasteiger partial charge >= 0.3 is 0 Å². The van der Waals surface area contributed by atoms with Crippen molar-refractivity contribution in [3.05, 3.63) is 46.2 Å². The Bertz CT molecular complexity index is 677. The first-order valence-electron chi connectivity index (χ1n) is 6.15. The van der Waals surface area contributed by atoms with E-state index in [-0.39, 0.29) is 5.69 Å². The number of furan rings is 1. The average molecular weight is 289 g/mol. The number of nitrogens with zero attached hydrogens (tertiary/aromatic N) is 3. The lowest BCUT2D eigenvalue weighted by Crippen LogP contribution is -2.01. The summed E-state index contributed by atoms with van der Waals surface area (Å²) < 4.78 is 10.6. The zero-order valence-corrected chi connectivity index (χ0v) is 11.9. The Balaban J connectivity index is 2.40. The fourth-order valence-corrected chi connectivity index (χ4v) is 1.74. The Labute approximate surface area is 121 Å². The predicted molar refractivity (Wildman–Crippen MR) is 78.6 cm³/mol. The number of hydrazone groups is 1. The van der Waals surface area contributed by atoms with Crippen molar-refractivity contribution < 1.29 is 14.1 Å². The van der Waals surface area contributed by atoms with Crippen molar-refractivity contribution in [3.8, 4) is 17.1 Å². The van der Waals surface area contributed by atoms with Crippen LogP contribution in [0, 0.1) is 10.1 Å². The number of benzene rings is 1. The van der Waals surface area contributed by atoms with Gasteiger partial charge in [0.25, 0.3) is 5.69 Å². The minimum absolute atomic E-state index is 0.0696. The van der Waals surface area contributed by atoms with E-state index < -0.39 is 4.92 Å². The van der Waals surface area contributed by atoms with Crippen molar-refractivity contribution in [2.75, 3.05) is 21.2 Å². The van der Waals surface area contributed by atoms with E-state index in [2.05, 4.69) is 5.10 Å². The fourth-order valence-electron chi connectivity index (χ4n) is 1.74. The summed E-state index contributed by atoms with van der Waals surface area (Å²) in [4.78, 5) is 10.7. The zero-order valence-electron chi connectivity index (χ0n) is 11.9. The van der Waals surface area contributed by atoms with Gasteiger partial charge < -0.3 is 14.2 Å². The van der Waals surface area contributed by atoms with E-state index >= 15 is 0 Å². The first kappa shape index (κ1) is 14.6. The van der Waals surface area contributed by atoms with Crippen LogP contribution < -0.4 is 4.74 Å². The summed E-state index contributed by atoms with van der Waals surface area (Å²) in [6.45, 7) is 0. The Morgan fingerprint density at radius 1 is 1.33 bits per heavy atom. The third-order valence-corrected chi connectivity index (χ3v) is 2.71. The van der Waals surface area contributed by atoms with Gasteiger partial charge in [-0.15, -0.1) is 0 Å². The molecule has 0 bridgehead atoms. The Hall–Kier alpha value is -2.83. The topological polar surface area (TPSA) is 81.1 Å². The zero-order chi connectivity index (χ0) is 15.4. The lowest BCUT2D eigenvalue weighted by molar-refractivity contribution is -0.384. The van der Waals surface area contributed by atoms with Crippen LogP contribution in [0.3, 0.4) is 0 Å². The summed E-state index contributed by atoms with van der Waals surface area (Å²) in [5.74, 6) is 1.35. The van der Waals surface area contributed by atoms with E-state index in [9.17, 15) is 10.1 Å². The first-order valence-corrected chi connectivity index (χ1v) is 6.15.